The zero-order chi connectivity index (χ0) is 17.9. The lowest BCUT2D eigenvalue weighted by Gasteiger charge is -2.19. The van der Waals surface area contributed by atoms with Crippen LogP contribution in [-0.4, -0.2) is 35.5 Å². The summed E-state index contributed by atoms with van der Waals surface area (Å²) in [5, 5.41) is 11.7. The molecule has 2 N–H and O–H groups in total. The van der Waals surface area contributed by atoms with E-state index in [9.17, 15) is 23.9 Å². The van der Waals surface area contributed by atoms with Gasteiger partial charge in [0, 0.05) is 18.7 Å². The number of carboxylic acids is 1. The van der Waals surface area contributed by atoms with Crippen molar-refractivity contribution in [1.82, 2.24) is 5.32 Å². The molecule has 1 unspecified atom stereocenters. The summed E-state index contributed by atoms with van der Waals surface area (Å²) in [4.78, 5) is 37.1. The normalized spacial score (nSPS) is 18.8. The Morgan fingerprint density at radius 2 is 1.96 bits per heavy atom. The number of aliphatic carboxylic acids is 1. The van der Waals surface area contributed by atoms with E-state index in [4.69, 9.17) is 0 Å². The van der Waals surface area contributed by atoms with Crippen molar-refractivity contribution in [3.63, 3.8) is 0 Å². The maximum atomic E-state index is 13.0. The second-order valence-electron chi connectivity index (χ2n) is 6.41. The van der Waals surface area contributed by atoms with Crippen molar-refractivity contribution in [2.24, 2.45) is 11.8 Å². The molecule has 0 saturated carbocycles. The van der Waals surface area contributed by atoms with Gasteiger partial charge in [0.2, 0.25) is 11.8 Å². The van der Waals surface area contributed by atoms with Crippen LogP contribution in [0.15, 0.2) is 24.3 Å². The average Bonchev–Trinajstić information content (AvgIpc) is 2.89. The number of rotatable bonds is 6. The van der Waals surface area contributed by atoms with E-state index in [2.05, 4.69) is 5.32 Å². The van der Waals surface area contributed by atoms with Gasteiger partial charge in [-0.1, -0.05) is 13.8 Å². The standard InChI is InChI=1S/C17H21FN2O4/c1-10(2)7-14(17(23)24)19-16(22)11-8-15(21)20(9-11)13-5-3-12(18)4-6-13/h3-6,10-11,14H,7-9H2,1-2H3,(H,19,22)(H,23,24)/t11?,14-/m0/s1. The third-order valence-corrected chi connectivity index (χ3v) is 3.96. The number of amides is 2. The van der Waals surface area contributed by atoms with Crippen molar-refractivity contribution in [3.05, 3.63) is 30.1 Å². The summed E-state index contributed by atoms with van der Waals surface area (Å²) in [7, 11) is 0. The molecule has 0 aliphatic carbocycles. The molecule has 7 heteroatoms. The minimum absolute atomic E-state index is 0.0111. The number of hydrogen-bond donors (Lipinski definition) is 2. The second-order valence-corrected chi connectivity index (χ2v) is 6.41. The van der Waals surface area contributed by atoms with Gasteiger partial charge in [0.05, 0.1) is 5.92 Å². The summed E-state index contributed by atoms with van der Waals surface area (Å²) < 4.78 is 13.0. The van der Waals surface area contributed by atoms with Crippen molar-refractivity contribution in [1.29, 1.82) is 0 Å². The van der Waals surface area contributed by atoms with Gasteiger partial charge in [-0.15, -0.1) is 0 Å². The fraction of sp³-hybridized carbons (Fsp3) is 0.471. The second kappa shape index (κ2) is 7.42. The van der Waals surface area contributed by atoms with Gasteiger partial charge in [-0.05, 0) is 36.6 Å². The molecule has 24 heavy (non-hydrogen) atoms. The summed E-state index contributed by atoms with van der Waals surface area (Å²) in [5.41, 5.74) is 0.522. The Morgan fingerprint density at radius 1 is 1.33 bits per heavy atom. The Bertz CT molecular complexity index is 630. The number of carbonyl (C=O) groups excluding carboxylic acids is 2. The first-order valence-corrected chi connectivity index (χ1v) is 7.87. The predicted molar refractivity (Wildman–Crippen MR) is 85.9 cm³/mol. The number of benzene rings is 1. The Balaban J connectivity index is 2.02. The van der Waals surface area contributed by atoms with Crippen molar-refractivity contribution in [2.45, 2.75) is 32.7 Å². The smallest absolute Gasteiger partial charge is 0.326 e. The van der Waals surface area contributed by atoms with Crippen LogP contribution in [0, 0.1) is 17.7 Å². The number of halogens is 1. The van der Waals surface area contributed by atoms with E-state index in [1.165, 1.54) is 29.2 Å². The Labute approximate surface area is 139 Å². The quantitative estimate of drug-likeness (QED) is 0.829. The fourth-order valence-corrected chi connectivity index (χ4v) is 2.74. The Hall–Kier alpha value is -2.44. The van der Waals surface area contributed by atoms with Crippen LogP contribution >= 0.6 is 0 Å². The molecule has 2 rings (SSSR count). The number of nitrogens with one attached hydrogen (secondary N) is 1. The van der Waals surface area contributed by atoms with Gasteiger partial charge in [0.25, 0.3) is 0 Å². The highest BCUT2D eigenvalue weighted by Gasteiger charge is 2.36. The van der Waals surface area contributed by atoms with Gasteiger partial charge in [-0.3, -0.25) is 9.59 Å². The molecule has 1 aliphatic heterocycles. The molecule has 0 bridgehead atoms. The summed E-state index contributed by atoms with van der Waals surface area (Å²) in [5.74, 6) is -2.67. The number of carboxylic acid groups (broad SMARTS) is 1. The van der Waals surface area contributed by atoms with E-state index in [0.29, 0.717) is 12.1 Å². The van der Waals surface area contributed by atoms with Crippen molar-refractivity contribution in [2.75, 3.05) is 11.4 Å². The van der Waals surface area contributed by atoms with Crippen LogP contribution in [0.25, 0.3) is 0 Å². The molecule has 130 valence electrons. The fourth-order valence-electron chi connectivity index (χ4n) is 2.74. The maximum absolute atomic E-state index is 13.0. The summed E-state index contributed by atoms with van der Waals surface area (Å²) in [6.45, 7) is 3.90. The summed E-state index contributed by atoms with van der Waals surface area (Å²) in [6, 6.07) is 4.49. The van der Waals surface area contributed by atoms with E-state index in [0.717, 1.165) is 0 Å². The summed E-state index contributed by atoms with van der Waals surface area (Å²) >= 11 is 0. The van der Waals surface area contributed by atoms with Gasteiger partial charge in [0.15, 0.2) is 0 Å². The third-order valence-electron chi connectivity index (χ3n) is 3.96. The van der Waals surface area contributed by atoms with Gasteiger partial charge in [0.1, 0.15) is 11.9 Å². The molecular weight excluding hydrogens is 315 g/mol. The summed E-state index contributed by atoms with van der Waals surface area (Å²) in [6.07, 6.45) is 0.334. The van der Waals surface area contributed by atoms with E-state index in [-0.39, 0.29) is 24.8 Å². The van der Waals surface area contributed by atoms with Crippen LogP contribution in [0.1, 0.15) is 26.7 Å². The molecule has 0 aromatic heterocycles. The van der Waals surface area contributed by atoms with Crippen LogP contribution in [0.3, 0.4) is 0 Å². The number of anilines is 1. The van der Waals surface area contributed by atoms with Crippen molar-refractivity contribution >= 4 is 23.5 Å². The number of nitrogens with zero attached hydrogens (tertiary/aromatic N) is 1. The van der Waals surface area contributed by atoms with Gasteiger partial charge in [-0.2, -0.15) is 0 Å². The first kappa shape index (κ1) is 17.9. The zero-order valence-electron chi connectivity index (χ0n) is 13.7. The highest BCUT2D eigenvalue weighted by Crippen LogP contribution is 2.25. The minimum Gasteiger partial charge on any atom is -0.480 e. The lowest BCUT2D eigenvalue weighted by molar-refractivity contribution is -0.142. The Morgan fingerprint density at radius 3 is 2.50 bits per heavy atom. The third kappa shape index (κ3) is 4.31. The van der Waals surface area contributed by atoms with E-state index < -0.39 is 29.7 Å². The highest BCUT2D eigenvalue weighted by atomic mass is 19.1. The molecule has 1 aliphatic rings. The molecule has 6 nitrogen and oxygen atoms in total. The van der Waals surface area contributed by atoms with Crippen LogP contribution in [0.4, 0.5) is 10.1 Å². The number of hydrogen-bond acceptors (Lipinski definition) is 3. The lowest BCUT2D eigenvalue weighted by Crippen LogP contribution is -2.44. The zero-order valence-corrected chi connectivity index (χ0v) is 13.7. The monoisotopic (exact) mass is 336 g/mol. The lowest BCUT2D eigenvalue weighted by atomic mass is 10.0. The SMILES string of the molecule is CC(C)C[C@H](NC(=O)C1CC(=O)N(c2ccc(F)cc2)C1)C(=O)O. The molecule has 1 saturated heterocycles. The topological polar surface area (TPSA) is 86.7 Å². The van der Waals surface area contributed by atoms with Crippen LogP contribution in [0.5, 0.6) is 0 Å². The molecule has 2 amide bonds. The minimum atomic E-state index is -1.09. The molecule has 1 aromatic rings. The largest absolute Gasteiger partial charge is 0.480 e. The molecule has 0 spiro atoms. The van der Waals surface area contributed by atoms with Gasteiger partial charge < -0.3 is 15.3 Å². The number of carbonyl (C=O) groups is 3. The van der Waals surface area contributed by atoms with Crippen molar-refractivity contribution in [3.8, 4) is 0 Å². The highest BCUT2D eigenvalue weighted by molar-refractivity contribution is 6.00. The van der Waals surface area contributed by atoms with E-state index in [1.807, 2.05) is 13.8 Å². The predicted octanol–water partition coefficient (Wildman–Crippen LogP) is 1.79. The van der Waals surface area contributed by atoms with Gasteiger partial charge >= 0.3 is 5.97 Å². The maximum Gasteiger partial charge on any atom is 0.326 e. The molecular formula is C17H21FN2O4. The van der Waals surface area contributed by atoms with E-state index in [1.54, 1.807) is 0 Å². The van der Waals surface area contributed by atoms with Crippen LogP contribution < -0.4 is 10.2 Å². The molecule has 1 heterocycles. The first-order chi connectivity index (χ1) is 11.3. The molecule has 2 atom stereocenters. The van der Waals surface area contributed by atoms with Gasteiger partial charge in [-0.25, -0.2) is 9.18 Å². The van der Waals surface area contributed by atoms with E-state index >= 15 is 0 Å². The molecule has 1 aromatic carbocycles. The molecule has 1 fully saturated rings. The van der Waals surface area contributed by atoms with Crippen LogP contribution in [-0.2, 0) is 14.4 Å². The average molecular weight is 336 g/mol. The Kier molecular flexibility index (Phi) is 5.54. The van der Waals surface area contributed by atoms with Crippen LogP contribution in [0.2, 0.25) is 0 Å². The molecule has 0 radical (unpaired) electrons. The first-order valence-electron chi connectivity index (χ1n) is 7.87. The van der Waals surface area contributed by atoms with Crippen molar-refractivity contribution < 1.29 is 23.9 Å².